The van der Waals surface area contributed by atoms with Crippen molar-refractivity contribution in [2.24, 2.45) is 5.92 Å². The fourth-order valence-electron chi connectivity index (χ4n) is 2.77. The number of rotatable bonds is 1. The van der Waals surface area contributed by atoms with E-state index in [0.29, 0.717) is 5.15 Å². The SMILES string of the molecule is CC1CCCN(c2nc(Cl)cc3ccccc23)C1. The minimum absolute atomic E-state index is 0.585. The Morgan fingerprint density at radius 2 is 2.17 bits per heavy atom. The van der Waals surface area contributed by atoms with Crippen LogP contribution in [0.25, 0.3) is 10.8 Å². The van der Waals surface area contributed by atoms with Crippen LogP contribution in [0.4, 0.5) is 5.82 Å². The van der Waals surface area contributed by atoms with Crippen LogP contribution in [0.3, 0.4) is 0 Å². The van der Waals surface area contributed by atoms with Crippen molar-refractivity contribution in [1.29, 1.82) is 0 Å². The molecule has 18 heavy (non-hydrogen) atoms. The lowest BCUT2D eigenvalue weighted by atomic mass is 10.00. The van der Waals surface area contributed by atoms with Gasteiger partial charge in [-0.2, -0.15) is 0 Å². The van der Waals surface area contributed by atoms with E-state index >= 15 is 0 Å². The van der Waals surface area contributed by atoms with Gasteiger partial charge in [0.2, 0.25) is 0 Å². The number of piperidine rings is 1. The summed E-state index contributed by atoms with van der Waals surface area (Å²) in [6.07, 6.45) is 2.55. The maximum Gasteiger partial charge on any atom is 0.138 e. The minimum Gasteiger partial charge on any atom is -0.356 e. The summed E-state index contributed by atoms with van der Waals surface area (Å²) in [6, 6.07) is 10.3. The van der Waals surface area contributed by atoms with E-state index in [2.05, 4.69) is 35.0 Å². The molecule has 0 amide bonds. The van der Waals surface area contributed by atoms with Crippen LogP contribution >= 0.6 is 11.6 Å². The van der Waals surface area contributed by atoms with Gasteiger partial charge in [0.15, 0.2) is 0 Å². The number of hydrogen-bond donors (Lipinski definition) is 0. The summed E-state index contributed by atoms with van der Waals surface area (Å²) in [6.45, 7) is 4.47. The van der Waals surface area contributed by atoms with Gasteiger partial charge < -0.3 is 4.90 Å². The smallest absolute Gasteiger partial charge is 0.138 e. The first-order chi connectivity index (χ1) is 8.74. The molecule has 0 aliphatic carbocycles. The predicted octanol–water partition coefficient (Wildman–Crippen LogP) is 4.12. The summed E-state index contributed by atoms with van der Waals surface area (Å²) in [5.41, 5.74) is 0. The molecule has 94 valence electrons. The van der Waals surface area contributed by atoms with Crippen LogP contribution in [-0.4, -0.2) is 18.1 Å². The van der Waals surface area contributed by atoms with Crippen LogP contribution in [0.15, 0.2) is 30.3 Å². The third-order valence-electron chi connectivity index (χ3n) is 3.65. The molecule has 1 saturated heterocycles. The number of hydrogen-bond acceptors (Lipinski definition) is 2. The van der Waals surface area contributed by atoms with Gasteiger partial charge in [0.25, 0.3) is 0 Å². The molecule has 1 aliphatic heterocycles. The quantitative estimate of drug-likeness (QED) is 0.717. The molecule has 3 rings (SSSR count). The van der Waals surface area contributed by atoms with E-state index < -0.39 is 0 Å². The number of aromatic nitrogens is 1. The first-order valence-corrected chi connectivity index (χ1v) is 6.92. The van der Waals surface area contributed by atoms with Crippen LogP contribution in [0.2, 0.25) is 5.15 Å². The maximum atomic E-state index is 6.14. The normalized spacial score (nSPS) is 20.3. The van der Waals surface area contributed by atoms with Gasteiger partial charge >= 0.3 is 0 Å². The number of fused-ring (bicyclic) bond motifs is 1. The molecule has 2 heterocycles. The van der Waals surface area contributed by atoms with E-state index in [9.17, 15) is 0 Å². The predicted molar refractivity (Wildman–Crippen MR) is 77.4 cm³/mol. The van der Waals surface area contributed by atoms with Crippen molar-refractivity contribution in [2.75, 3.05) is 18.0 Å². The number of nitrogens with zero attached hydrogens (tertiary/aromatic N) is 2. The average Bonchev–Trinajstić information content (AvgIpc) is 2.37. The van der Waals surface area contributed by atoms with Crippen LogP contribution in [0, 0.1) is 5.92 Å². The highest BCUT2D eigenvalue weighted by molar-refractivity contribution is 6.30. The molecule has 1 aromatic carbocycles. The van der Waals surface area contributed by atoms with Gasteiger partial charge in [-0.05, 0) is 30.2 Å². The highest BCUT2D eigenvalue weighted by Gasteiger charge is 2.19. The Balaban J connectivity index is 2.09. The summed E-state index contributed by atoms with van der Waals surface area (Å²) in [7, 11) is 0. The second-order valence-electron chi connectivity index (χ2n) is 5.18. The molecule has 3 heteroatoms. The zero-order chi connectivity index (χ0) is 12.5. The summed E-state index contributed by atoms with van der Waals surface area (Å²) in [5.74, 6) is 1.78. The molecule has 1 aliphatic rings. The molecule has 0 N–H and O–H groups in total. The monoisotopic (exact) mass is 260 g/mol. The average molecular weight is 261 g/mol. The molecule has 0 bridgehead atoms. The molecule has 1 aromatic heterocycles. The van der Waals surface area contributed by atoms with Crippen molar-refractivity contribution in [3.63, 3.8) is 0 Å². The number of halogens is 1. The van der Waals surface area contributed by atoms with Crippen molar-refractivity contribution in [3.8, 4) is 0 Å². The molecular weight excluding hydrogens is 244 g/mol. The van der Waals surface area contributed by atoms with Gasteiger partial charge in [-0.1, -0.05) is 42.8 Å². The van der Waals surface area contributed by atoms with E-state index in [1.165, 1.54) is 23.6 Å². The van der Waals surface area contributed by atoms with Crippen molar-refractivity contribution in [2.45, 2.75) is 19.8 Å². The lowest BCUT2D eigenvalue weighted by Gasteiger charge is -2.32. The molecular formula is C15H17ClN2. The lowest BCUT2D eigenvalue weighted by molar-refractivity contribution is 0.445. The van der Waals surface area contributed by atoms with Crippen LogP contribution < -0.4 is 4.90 Å². The van der Waals surface area contributed by atoms with E-state index in [-0.39, 0.29) is 0 Å². The topological polar surface area (TPSA) is 16.1 Å². The van der Waals surface area contributed by atoms with Gasteiger partial charge in [0.05, 0.1) is 0 Å². The highest BCUT2D eigenvalue weighted by Crippen LogP contribution is 2.30. The van der Waals surface area contributed by atoms with Crippen molar-refractivity contribution in [3.05, 3.63) is 35.5 Å². The Labute approximate surface area is 113 Å². The third-order valence-corrected chi connectivity index (χ3v) is 3.84. The van der Waals surface area contributed by atoms with Gasteiger partial charge in [-0.15, -0.1) is 0 Å². The fraction of sp³-hybridized carbons (Fsp3) is 0.400. The third kappa shape index (κ3) is 2.17. The van der Waals surface area contributed by atoms with E-state index in [1.54, 1.807) is 0 Å². The van der Waals surface area contributed by atoms with Gasteiger partial charge in [0, 0.05) is 18.5 Å². The molecule has 2 nitrogen and oxygen atoms in total. The molecule has 0 saturated carbocycles. The molecule has 2 aromatic rings. The van der Waals surface area contributed by atoms with E-state index in [0.717, 1.165) is 24.8 Å². The van der Waals surface area contributed by atoms with Crippen molar-refractivity contribution >= 4 is 28.2 Å². The summed E-state index contributed by atoms with van der Waals surface area (Å²) < 4.78 is 0. The maximum absolute atomic E-state index is 6.14. The van der Waals surface area contributed by atoms with Gasteiger partial charge in [0.1, 0.15) is 11.0 Å². The van der Waals surface area contributed by atoms with Crippen molar-refractivity contribution in [1.82, 2.24) is 4.98 Å². The Morgan fingerprint density at radius 3 is 3.00 bits per heavy atom. The zero-order valence-corrected chi connectivity index (χ0v) is 11.3. The van der Waals surface area contributed by atoms with E-state index in [4.69, 9.17) is 11.6 Å². The van der Waals surface area contributed by atoms with Crippen LogP contribution in [-0.2, 0) is 0 Å². The van der Waals surface area contributed by atoms with E-state index in [1.807, 2.05) is 12.1 Å². The van der Waals surface area contributed by atoms with Crippen LogP contribution in [0.1, 0.15) is 19.8 Å². The fourth-order valence-corrected chi connectivity index (χ4v) is 2.97. The highest BCUT2D eigenvalue weighted by atomic mass is 35.5. The summed E-state index contributed by atoms with van der Waals surface area (Å²) in [4.78, 5) is 6.93. The molecule has 1 fully saturated rings. The molecule has 0 spiro atoms. The largest absolute Gasteiger partial charge is 0.356 e. The Kier molecular flexibility index (Phi) is 3.13. The Bertz CT molecular complexity index is 567. The summed E-state index contributed by atoms with van der Waals surface area (Å²) in [5, 5.41) is 2.96. The second kappa shape index (κ2) is 4.77. The first kappa shape index (κ1) is 11.8. The molecule has 0 radical (unpaired) electrons. The molecule has 1 unspecified atom stereocenters. The molecule has 1 atom stereocenters. The van der Waals surface area contributed by atoms with Gasteiger partial charge in [-0.25, -0.2) is 4.98 Å². The number of benzene rings is 1. The Hall–Kier alpha value is -1.28. The van der Waals surface area contributed by atoms with Crippen molar-refractivity contribution < 1.29 is 0 Å². The Morgan fingerprint density at radius 1 is 1.33 bits per heavy atom. The summed E-state index contributed by atoms with van der Waals surface area (Å²) >= 11 is 6.14. The van der Waals surface area contributed by atoms with Crippen LogP contribution in [0.5, 0.6) is 0 Å². The zero-order valence-electron chi connectivity index (χ0n) is 10.6. The lowest BCUT2D eigenvalue weighted by Crippen LogP contribution is -2.34. The standard InChI is InChI=1S/C15H17ClN2/c1-11-5-4-8-18(10-11)15-13-7-3-2-6-12(13)9-14(16)17-15/h2-3,6-7,9,11H,4-5,8,10H2,1H3. The van der Waals surface area contributed by atoms with Gasteiger partial charge in [-0.3, -0.25) is 0 Å². The second-order valence-corrected chi connectivity index (χ2v) is 5.57. The number of pyridine rings is 1. The first-order valence-electron chi connectivity index (χ1n) is 6.54. The number of anilines is 1. The minimum atomic E-state index is 0.585.